The lowest BCUT2D eigenvalue weighted by molar-refractivity contribution is -0.137. The van der Waals surface area contributed by atoms with Crippen molar-refractivity contribution in [2.45, 2.75) is 51.6 Å². The quantitative estimate of drug-likeness (QED) is 0.769. The van der Waals surface area contributed by atoms with Crippen LogP contribution in [0.1, 0.15) is 49.4 Å². The molecule has 0 radical (unpaired) electrons. The number of carboxylic acids is 1. The van der Waals surface area contributed by atoms with Crippen molar-refractivity contribution in [2.75, 3.05) is 13.1 Å². The summed E-state index contributed by atoms with van der Waals surface area (Å²) in [6.45, 7) is 1.69. The Hall–Kier alpha value is -2.38. The molecule has 1 heterocycles. The van der Waals surface area contributed by atoms with Gasteiger partial charge in [-0.15, -0.1) is 0 Å². The summed E-state index contributed by atoms with van der Waals surface area (Å²) >= 11 is 0. The number of aliphatic carboxylic acids is 1. The van der Waals surface area contributed by atoms with Crippen LogP contribution >= 0.6 is 0 Å². The van der Waals surface area contributed by atoms with E-state index in [1.54, 1.807) is 6.92 Å². The molecule has 0 aliphatic heterocycles. The van der Waals surface area contributed by atoms with Gasteiger partial charge in [0.15, 0.2) is 0 Å². The minimum atomic E-state index is -1.07. The SMILES string of the molecule is CCN(CC(=O)O)C(=O)c1cnn(CC(=O)NC2CCCCC2)c1. The first kappa shape index (κ1) is 18.0. The largest absolute Gasteiger partial charge is 0.480 e. The van der Waals surface area contributed by atoms with Gasteiger partial charge in [0.1, 0.15) is 13.1 Å². The summed E-state index contributed by atoms with van der Waals surface area (Å²) in [4.78, 5) is 36.3. The first-order valence-electron chi connectivity index (χ1n) is 8.32. The predicted molar refractivity (Wildman–Crippen MR) is 86.5 cm³/mol. The highest BCUT2D eigenvalue weighted by Crippen LogP contribution is 2.17. The zero-order valence-corrected chi connectivity index (χ0v) is 13.9. The molecule has 2 rings (SSSR count). The Kier molecular flexibility index (Phi) is 6.34. The number of nitrogens with one attached hydrogen (secondary N) is 1. The van der Waals surface area contributed by atoms with Crippen LogP contribution in [0.4, 0.5) is 0 Å². The highest BCUT2D eigenvalue weighted by atomic mass is 16.4. The lowest BCUT2D eigenvalue weighted by Crippen LogP contribution is -2.38. The number of likely N-dealkylation sites (N-methyl/N-ethyl adjacent to an activating group) is 1. The van der Waals surface area contributed by atoms with Crippen molar-refractivity contribution in [3.05, 3.63) is 18.0 Å². The van der Waals surface area contributed by atoms with E-state index in [0.29, 0.717) is 6.54 Å². The average Bonchev–Trinajstić information content (AvgIpc) is 3.01. The molecular formula is C16H24N4O4. The van der Waals surface area contributed by atoms with Crippen LogP contribution in [0.3, 0.4) is 0 Å². The van der Waals surface area contributed by atoms with Gasteiger partial charge in [0.25, 0.3) is 5.91 Å². The molecule has 0 atom stereocenters. The third-order valence-electron chi connectivity index (χ3n) is 4.15. The smallest absolute Gasteiger partial charge is 0.323 e. The Bertz CT molecular complexity index is 593. The normalized spacial score (nSPS) is 15.0. The minimum absolute atomic E-state index is 0.0504. The highest BCUT2D eigenvalue weighted by molar-refractivity contribution is 5.95. The van der Waals surface area contributed by atoms with Gasteiger partial charge in [-0.3, -0.25) is 19.1 Å². The van der Waals surface area contributed by atoms with Gasteiger partial charge in [0, 0.05) is 18.8 Å². The second kappa shape index (κ2) is 8.47. The van der Waals surface area contributed by atoms with Crippen molar-refractivity contribution < 1.29 is 19.5 Å². The number of rotatable bonds is 7. The van der Waals surface area contributed by atoms with Gasteiger partial charge in [-0.2, -0.15) is 5.10 Å². The summed E-state index contributed by atoms with van der Waals surface area (Å²) in [6, 6.07) is 0.231. The number of amides is 2. The van der Waals surface area contributed by atoms with E-state index in [0.717, 1.165) is 25.7 Å². The van der Waals surface area contributed by atoms with E-state index in [1.807, 2.05) is 0 Å². The number of carboxylic acid groups (broad SMARTS) is 1. The molecule has 0 unspecified atom stereocenters. The Morgan fingerprint density at radius 1 is 1.33 bits per heavy atom. The topological polar surface area (TPSA) is 105 Å². The number of hydrogen-bond donors (Lipinski definition) is 2. The van der Waals surface area contributed by atoms with Crippen LogP contribution in [0.5, 0.6) is 0 Å². The molecular weight excluding hydrogens is 312 g/mol. The van der Waals surface area contributed by atoms with Crippen LogP contribution < -0.4 is 5.32 Å². The second-order valence-electron chi connectivity index (χ2n) is 6.04. The van der Waals surface area contributed by atoms with Crippen LogP contribution in [-0.2, 0) is 16.1 Å². The monoisotopic (exact) mass is 336 g/mol. The van der Waals surface area contributed by atoms with Gasteiger partial charge in [-0.05, 0) is 19.8 Å². The van der Waals surface area contributed by atoms with Crippen molar-refractivity contribution in [2.24, 2.45) is 0 Å². The van der Waals surface area contributed by atoms with Crippen LogP contribution in [-0.4, -0.2) is 56.7 Å². The number of carbonyl (C=O) groups is 3. The van der Waals surface area contributed by atoms with Gasteiger partial charge in [-0.25, -0.2) is 0 Å². The number of aromatic nitrogens is 2. The van der Waals surface area contributed by atoms with Crippen LogP contribution in [0.15, 0.2) is 12.4 Å². The second-order valence-corrected chi connectivity index (χ2v) is 6.04. The fourth-order valence-corrected chi connectivity index (χ4v) is 2.90. The van der Waals surface area contributed by atoms with Gasteiger partial charge in [0.05, 0.1) is 11.8 Å². The number of hydrogen-bond acceptors (Lipinski definition) is 4. The zero-order valence-electron chi connectivity index (χ0n) is 13.9. The van der Waals surface area contributed by atoms with E-state index >= 15 is 0 Å². The predicted octanol–water partition coefficient (Wildman–Crippen LogP) is 0.879. The van der Waals surface area contributed by atoms with Gasteiger partial charge < -0.3 is 15.3 Å². The molecule has 2 amide bonds. The van der Waals surface area contributed by atoms with Crippen LogP contribution in [0.25, 0.3) is 0 Å². The molecule has 0 spiro atoms. The van der Waals surface area contributed by atoms with E-state index in [9.17, 15) is 14.4 Å². The minimum Gasteiger partial charge on any atom is -0.480 e. The van der Waals surface area contributed by atoms with Crippen LogP contribution in [0.2, 0.25) is 0 Å². The third-order valence-corrected chi connectivity index (χ3v) is 4.15. The maximum atomic E-state index is 12.2. The fourth-order valence-electron chi connectivity index (χ4n) is 2.90. The average molecular weight is 336 g/mol. The van der Waals surface area contributed by atoms with E-state index in [1.165, 1.54) is 28.4 Å². The molecule has 132 valence electrons. The summed E-state index contributed by atoms with van der Waals surface area (Å²) in [5, 5.41) is 15.8. The maximum Gasteiger partial charge on any atom is 0.323 e. The molecule has 1 aromatic heterocycles. The van der Waals surface area contributed by atoms with Crippen molar-refractivity contribution in [1.29, 1.82) is 0 Å². The Balaban J connectivity index is 1.90. The molecule has 1 aliphatic carbocycles. The van der Waals surface area contributed by atoms with Gasteiger partial charge in [-0.1, -0.05) is 19.3 Å². The molecule has 1 fully saturated rings. The third kappa shape index (κ3) is 5.07. The molecule has 1 aromatic rings. The molecule has 2 N–H and O–H groups in total. The molecule has 1 aliphatic rings. The van der Waals surface area contributed by atoms with Crippen molar-refractivity contribution in [3.63, 3.8) is 0 Å². The zero-order chi connectivity index (χ0) is 17.5. The first-order valence-corrected chi connectivity index (χ1v) is 8.32. The summed E-state index contributed by atoms with van der Waals surface area (Å²) in [7, 11) is 0. The Morgan fingerprint density at radius 3 is 2.67 bits per heavy atom. The van der Waals surface area contributed by atoms with Crippen molar-refractivity contribution in [1.82, 2.24) is 20.0 Å². The molecule has 8 nitrogen and oxygen atoms in total. The first-order chi connectivity index (χ1) is 11.5. The standard InChI is InChI=1S/C16H24N4O4/c1-2-19(11-15(22)23)16(24)12-8-17-20(9-12)10-14(21)18-13-6-4-3-5-7-13/h8-9,13H,2-7,10-11H2,1H3,(H,18,21)(H,22,23). The molecule has 24 heavy (non-hydrogen) atoms. The summed E-state index contributed by atoms with van der Waals surface area (Å²) in [6.07, 6.45) is 8.36. The lowest BCUT2D eigenvalue weighted by Gasteiger charge is -2.22. The number of carbonyl (C=O) groups excluding carboxylic acids is 2. The maximum absolute atomic E-state index is 12.2. The van der Waals surface area contributed by atoms with Gasteiger partial charge >= 0.3 is 5.97 Å². The van der Waals surface area contributed by atoms with Crippen molar-refractivity contribution in [3.8, 4) is 0 Å². The molecule has 0 bridgehead atoms. The molecule has 8 heteroatoms. The van der Waals surface area contributed by atoms with E-state index in [2.05, 4.69) is 10.4 Å². The fraction of sp³-hybridized carbons (Fsp3) is 0.625. The summed E-state index contributed by atoms with van der Waals surface area (Å²) in [5.74, 6) is -1.59. The number of nitrogens with zero attached hydrogens (tertiary/aromatic N) is 3. The Morgan fingerprint density at radius 2 is 2.04 bits per heavy atom. The van der Waals surface area contributed by atoms with Crippen molar-refractivity contribution >= 4 is 17.8 Å². The molecule has 0 saturated heterocycles. The Labute approximate surface area is 140 Å². The van der Waals surface area contributed by atoms with E-state index < -0.39 is 11.9 Å². The molecule has 0 aromatic carbocycles. The molecule has 1 saturated carbocycles. The highest BCUT2D eigenvalue weighted by Gasteiger charge is 2.20. The van der Waals surface area contributed by atoms with E-state index in [-0.39, 0.29) is 30.6 Å². The van der Waals surface area contributed by atoms with Crippen LogP contribution in [0, 0.1) is 0 Å². The summed E-state index contributed by atoms with van der Waals surface area (Å²) in [5.41, 5.74) is 0.281. The summed E-state index contributed by atoms with van der Waals surface area (Å²) < 4.78 is 1.40. The van der Waals surface area contributed by atoms with Gasteiger partial charge in [0.2, 0.25) is 5.91 Å². The van der Waals surface area contributed by atoms with E-state index in [4.69, 9.17) is 5.11 Å². The lowest BCUT2D eigenvalue weighted by atomic mass is 9.95.